The number of anilines is 6. The minimum Gasteiger partial charge on any atom is -0.436 e. The van der Waals surface area contributed by atoms with Crippen LogP contribution in [0.2, 0.25) is 0 Å². The summed E-state index contributed by atoms with van der Waals surface area (Å²) in [5, 5.41) is 0. The second kappa shape index (κ2) is 15.5. The standard InChI is InChI=1S/C61H40BN3O/c1-5-15-41(16-6-1)45-25-31-50(32-26-45)64-55-35-29-47(43-19-9-3-10-20-43)37-52(55)62-53-38-48(44-21-11-4-12-22-44)30-36-56(53)65(51-33-27-46(28-34-51)42-17-7-2-8-18-42)58-40-49(39-57(64)60(58)62)61-63-54-23-13-14-24-59(54)66-61/h1-40H. The van der Waals surface area contributed by atoms with E-state index in [-0.39, 0.29) is 6.71 Å². The Kier molecular flexibility index (Phi) is 8.92. The van der Waals surface area contributed by atoms with Crippen LogP contribution in [0.5, 0.6) is 0 Å². The average Bonchev–Trinajstić information content (AvgIpc) is 3.84. The number of aromatic nitrogens is 1. The predicted molar refractivity (Wildman–Crippen MR) is 275 cm³/mol. The molecule has 0 atom stereocenters. The normalized spacial score (nSPS) is 12.5. The predicted octanol–water partition coefficient (Wildman–Crippen LogP) is 14.2. The van der Waals surface area contributed by atoms with Gasteiger partial charge in [0.1, 0.15) is 5.52 Å². The Morgan fingerprint density at radius 3 is 1.14 bits per heavy atom. The Morgan fingerprint density at radius 1 is 0.318 bits per heavy atom. The highest BCUT2D eigenvalue weighted by atomic mass is 16.3. The van der Waals surface area contributed by atoms with Crippen molar-refractivity contribution in [3.05, 3.63) is 243 Å². The lowest BCUT2D eigenvalue weighted by atomic mass is 9.33. The van der Waals surface area contributed by atoms with Crippen molar-refractivity contribution < 1.29 is 4.42 Å². The van der Waals surface area contributed by atoms with E-state index in [0.29, 0.717) is 5.89 Å². The van der Waals surface area contributed by atoms with Gasteiger partial charge in [-0.05, 0) is 122 Å². The Balaban J connectivity index is 1.11. The van der Waals surface area contributed by atoms with Gasteiger partial charge in [-0.3, -0.25) is 0 Å². The van der Waals surface area contributed by atoms with E-state index in [1.165, 1.54) is 60.9 Å². The molecule has 2 aliphatic heterocycles. The maximum atomic E-state index is 6.62. The van der Waals surface area contributed by atoms with Gasteiger partial charge in [-0.15, -0.1) is 0 Å². The fraction of sp³-hybridized carbons (Fsp3) is 0. The Bertz CT molecular complexity index is 3340. The summed E-state index contributed by atoms with van der Waals surface area (Å²) in [5.41, 5.74) is 22.3. The molecule has 10 aromatic carbocycles. The lowest BCUT2D eigenvalue weighted by Gasteiger charge is -2.44. The van der Waals surface area contributed by atoms with Gasteiger partial charge in [0.05, 0.1) is 0 Å². The molecular weight excluding hydrogens is 802 g/mol. The van der Waals surface area contributed by atoms with Crippen molar-refractivity contribution in [2.24, 2.45) is 0 Å². The summed E-state index contributed by atoms with van der Waals surface area (Å²) in [6, 6.07) is 87.5. The second-order valence-electron chi connectivity index (χ2n) is 17.1. The van der Waals surface area contributed by atoms with E-state index in [1.807, 2.05) is 24.3 Å². The van der Waals surface area contributed by atoms with Crippen molar-refractivity contribution in [3.63, 3.8) is 0 Å². The average molecular weight is 842 g/mol. The molecule has 11 aromatic rings. The molecule has 0 unspecified atom stereocenters. The van der Waals surface area contributed by atoms with E-state index in [1.54, 1.807) is 0 Å². The van der Waals surface area contributed by atoms with Gasteiger partial charge in [0.15, 0.2) is 5.58 Å². The van der Waals surface area contributed by atoms with Crippen LogP contribution < -0.4 is 26.2 Å². The summed E-state index contributed by atoms with van der Waals surface area (Å²) in [6.07, 6.45) is 0. The molecule has 13 rings (SSSR count). The molecule has 0 N–H and O–H groups in total. The van der Waals surface area contributed by atoms with Gasteiger partial charge in [-0.25, -0.2) is 4.98 Å². The van der Waals surface area contributed by atoms with Gasteiger partial charge >= 0.3 is 0 Å². The molecule has 0 saturated carbocycles. The lowest BCUT2D eigenvalue weighted by molar-refractivity contribution is 0.620. The van der Waals surface area contributed by atoms with Gasteiger partial charge in [-0.2, -0.15) is 0 Å². The van der Waals surface area contributed by atoms with Crippen LogP contribution in [-0.4, -0.2) is 11.7 Å². The third-order valence-electron chi connectivity index (χ3n) is 13.3. The first-order valence-electron chi connectivity index (χ1n) is 22.6. The molecule has 66 heavy (non-hydrogen) atoms. The summed E-state index contributed by atoms with van der Waals surface area (Å²) in [4.78, 5) is 10.0. The summed E-state index contributed by atoms with van der Waals surface area (Å²) in [6.45, 7) is -0.107. The largest absolute Gasteiger partial charge is 0.436 e. The number of hydrogen-bond donors (Lipinski definition) is 0. The second-order valence-corrected chi connectivity index (χ2v) is 17.1. The van der Waals surface area contributed by atoms with Gasteiger partial charge < -0.3 is 14.2 Å². The van der Waals surface area contributed by atoms with Crippen LogP contribution >= 0.6 is 0 Å². The van der Waals surface area contributed by atoms with Gasteiger partial charge in [-0.1, -0.05) is 182 Å². The maximum absolute atomic E-state index is 6.62. The van der Waals surface area contributed by atoms with Crippen LogP contribution in [0.4, 0.5) is 34.1 Å². The first-order chi connectivity index (χ1) is 32.7. The molecule has 0 radical (unpaired) electrons. The summed E-state index contributed by atoms with van der Waals surface area (Å²) < 4.78 is 6.62. The number of para-hydroxylation sites is 2. The van der Waals surface area contributed by atoms with Crippen molar-refractivity contribution in [2.45, 2.75) is 0 Å². The molecule has 0 saturated heterocycles. The third-order valence-corrected chi connectivity index (χ3v) is 13.3. The highest BCUT2D eigenvalue weighted by Gasteiger charge is 2.44. The zero-order valence-corrected chi connectivity index (χ0v) is 35.9. The number of rotatable bonds is 7. The Hall–Kier alpha value is -8.67. The molecule has 0 fully saturated rings. The van der Waals surface area contributed by atoms with E-state index >= 15 is 0 Å². The highest BCUT2D eigenvalue weighted by molar-refractivity contribution is 7.00. The molecule has 1 aromatic heterocycles. The monoisotopic (exact) mass is 841 g/mol. The minimum absolute atomic E-state index is 0.107. The molecule has 0 aliphatic carbocycles. The van der Waals surface area contributed by atoms with Crippen molar-refractivity contribution >= 4 is 68.3 Å². The third kappa shape index (κ3) is 6.35. The number of nitrogens with zero attached hydrogens (tertiary/aromatic N) is 3. The molecule has 4 nitrogen and oxygen atoms in total. The molecule has 0 bridgehead atoms. The Morgan fingerprint density at radius 2 is 0.697 bits per heavy atom. The zero-order valence-electron chi connectivity index (χ0n) is 35.9. The number of benzene rings is 10. The molecule has 3 heterocycles. The zero-order chi connectivity index (χ0) is 43.6. The first-order valence-corrected chi connectivity index (χ1v) is 22.6. The van der Waals surface area contributed by atoms with Crippen molar-refractivity contribution in [1.29, 1.82) is 0 Å². The van der Waals surface area contributed by atoms with E-state index in [9.17, 15) is 0 Å². The number of fused-ring (bicyclic) bond motifs is 5. The van der Waals surface area contributed by atoms with Gasteiger partial charge in [0.2, 0.25) is 5.89 Å². The topological polar surface area (TPSA) is 32.5 Å². The lowest BCUT2D eigenvalue weighted by Crippen LogP contribution is -2.61. The van der Waals surface area contributed by atoms with Crippen molar-refractivity contribution in [1.82, 2.24) is 4.98 Å². The SMILES string of the molecule is c1ccc(-c2ccc(N3c4ccc(-c5ccccc5)cc4B4c5cc(-c6ccccc6)ccc5N(c5ccc(-c6ccccc6)cc5)c5cc(-c6nc7ccccc7o6)cc3c54)cc2)cc1. The van der Waals surface area contributed by atoms with E-state index in [2.05, 4.69) is 228 Å². The molecular formula is C61H40BN3O. The Labute approximate surface area is 384 Å². The molecule has 0 spiro atoms. The smallest absolute Gasteiger partial charge is 0.252 e. The number of hydrogen-bond acceptors (Lipinski definition) is 4. The van der Waals surface area contributed by atoms with Crippen LogP contribution in [-0.2, 0) is 0 Å². The molecule has 308 valence electrons. The fourth-order valence-electron chi connectivity index (χ4n) is 10.2. The van der Waals surface area contributed by atoms with Crippen LogP contribution in [0.3, 0.4) is 0 Å². The van der Waals surface area contributed by atoms with Crippen LogP contribution in [0.1, 0.15) is 0 Å². The summed E-state index contributed by atoms with van der Waals surface area (Å²) in [7, 11) is 0. The van der Waals surface area contributed by atoms with Crippen LogP contribution in [0, 0.1) is 0 Å². The minimum atomic E-state index is -0.107. The van der Waals surface area contributed by atoms with Crippen LogP contribution in [0.25, 0.3) is 67.1 Å². The molecule has 0 amide bonds. The van der Waals surface area contributed by atoms with Crippen LogP contribution in [0.15, 0.2) is 247 Å². The van der Waals surface area contributed by atoms with E-state index in [0.717, 1.165) is 50.8 Å². The molecule has 5 heteroatoms. The van der Waals surface area contributed by atoms with Gasteiger partial charge in [0.25, 0.3) is 6.71 Å². The van der Waals surface area contributed by atoms with E-state index < -0.39 is 0 Å². The maximum Gasteiger partial charge on any atom is 0.252 e. The summed E-state index contributed by atoms with van der Waals surface area (Å²) in [5.74, 6) is 0.584. The van der Waals surface area contributed by atoms with Gasteiger partial charge in [0, 0.05) is 39.7 Å². The fourth-order valence-corrected chi connectivity index (χ4v) is 10.2. The van der Waals surface area contributed by atoms with E-state index in [4.69, 9.17) is 9.40 Å². The van der Waals surface area contributed by atoms with Crippen molar-refractivity contribution in [3.8, 4) is 56.0 Å². The highest BCUT2D eigenvalue weighted by Crippen LogP contribution is 2.47. The first kappa shape index (κ1) is 37.9. The molecule has 2 aliphatic rings. The number of oxazole rings is 1. The quantitative estimate of drug-likeness (QED) is 0.150. The van der Waals surface area contributed by atoms with Crippen molar-refractivity contribution in [2.75, 3.05) is 9.80 Å². The summed E-state index contributed by atoms with van der Waals surface area (Å²) >= 11 is 0.